The Bertz CT molecular complexity index is 3940. The molecule has 1 heterocycles. The highest BCUT2D eigenvalue weighted by Gasteiger charge is 2.18. The van der Waals surface area contributed by atoms with Gasteiger partial charge in [-0.2, -0.15) is 0 Å². The summed E-state index contributed by atoms with van der Waals surface area (Å²) in [5, 5.41) is 10.1. The molecule has 13 aromatic rings. The third-order valence-corrected chi connectivity index (χ3v) is 13.8. The van der Waals surface area contributed by atoms with Gasteiger partial charge in [-0.3, -0.25) is 0 Å². The molecule has 2 heteroatoms. The number of para-hydroxylation sites is 2. The van der Waals surface area contributed by atoms with E-state index < -0.39 is 0 Å². The van der Waals surface area contributed by atoms with Crippen LogP contribution in [-0.4, -0.2) is 4.57 Å². The molecule has 2 nitrogen and oxygen atoms in total. The number of hydrogen-bond acceptors (Lipinski definition) is 1. The van der Waals surface area contributed by atoms with Crippen LogP contribution in [0.3, 0.4) is 0 Å². The molecule has 68 heavy (non-hydrogen) atoms. The molecule has 0 aliphatic heterocycles. The Hall–Kier alpha value is -8.98. The summed E-state index contributed by atoms with van der Waals surface area (Å²) < 4.78 is 2.39. The summed E-state index contributed by atoms with van der Waals surface area (Å²) in [5.74, 6) is 0. The maximum absolute atomic E-state index is 2.39. The summed E-state index contributed by atoms with van der Waals surface area (Å²) in [4.78, 5) is 2.38. The van der Waals surface area contributed by atoms with Gasteiger partial charge in [0.25, 0.3) is 0 Å². The molecule has 13 rings (SSSR count). The van der Waals surface area contributed by atoms with Crippen molar-refractivity contribution in [2.45, 2.75) is 0 Å². The van der Waals surface area contributed by atoms with Crippen LogP contribution in [-0.2, 0) is 0 Å². The second-order valence-corrected chi connectivity index (χ2v) is 17.7. The summed E-state index contributed by atoms with van der Waals surface area (Å²) >= 11 is 0. The number of hydrogen-bond donors (Lipinski definition) is 0. The van der Waals surface area contributed by atoms with Crippen LogP contribution in [0, 0.1) is 0 Å². The maximum Gasteiger partial charge on any atom is 0.0541 e. The van der Waals surface area contributed by atoms with E-state index in [-0.39, 0.29) is 0 Å². The molecule has 0 fully saturated rings. The first kappa shape index (κ1) is 39.4. The molecule has 12 aromatic carbocycles. The third-order valence-electron chi connectivity index (χ3n) is 13.8. The molecule has 0 unspecified atom stereocenters. The molecular weight excluding hydrogens is 821 g/mol. The molecule has 0 atom stereocenters. The lowest BCUT2D eigenvalue weighted by atomic mass is 9.91. The van der Waals surface area contributed by atoms with Gasteiger partial charge < -0.3 is 9.47 Å². The lowest BCUT2D eigenvalue weighted by Crippen LogP contribution is -2.09. The van der Waals surface area contributed by atoms with Crippen LogP contribution in [0.1, 0.15) is 0 Å². The maximum atomic E-state index is 2.39. The van der Waals surface area contributed by atoms with Gasteiger partial charge in [-0.15, -0.1) is 0 Å². The highest BCUT2D eigenvalue weighted by atomic mass is 15.1. The Labute approximate surface area is 395 Å². The molecule has 0 aliphatic carbocycles. The standard InChI is InChI=1S/C66H44N2/c1-2-15-46(16-3-1)57-27-13-18-49-19-14-28-58(66(49)57)47-33-39-53(40-34-47)67(54-41-35-48(36-42-54)63-44-51-17-4-5-22-56(51)59-23-6-7-24-60(59)63)52-37-31-45(32-38-52)50-20-12-21-55(43-50)68-64-29-10-8-25-61(64)62-26-9-11-30-65(62)68/h1-44H. The molecule has 0 amide bonds. The number of nitrogens with zero attached hydrogens (tertiary/aromatic N) is 2. The fraction of sp³-hybridized carbons (Fsp3) is 0. The third kappa shape index (κ3) is 6.73. The molecule has 318 valence electrons. The minimum Gasteiger partial charge on any atom is -0.311 e. The van der Waals surface area contributed by atoms with Crippen LogP contribution in [0.4, 0.5) is 17.1 Å². The second-order valence-electron chi connectivity index (χ2n) is 17.7. The fourth-order valence-electron chi connectivity index (χ4n) is 10.6. The van der Waals surface area contributed by atoms with E-state index in [1.54, 1.807) is 0 Å². The van der Waals surface area contributed by atoms with E-state index in [0.29, 0.717) is 0 Å². The van der Waals surface area contributed by atoms with Gasteiger partial charge in [-0.1, -0.05) is 200 Å². The monoisotopic (exact) mass is 864 g/mol. The predicted molar refractivity (Wildman–Crippen MR) is 290 cm³/mol. The van der Waals surface area contributed by atoms with Crippen molar-refractivity contribution >= 4 is 71.2 Å². The zero-order valence-corrected chi connectivity index (χ0v) is 37.3. The van der Waals surface area contributed by atoms with Gasteiger partial charge in [0, 0.05) is 33.5 Å². The van der Waals surface area contributed by atoms with Crippen LogP contribution in [0.5, 0.6) is 0 Å². The Morgan fingerprint density at radius 2 is 0.691 bits per heavy atom. The lowest BCUT2D eigenvalue weighted by Gasteiger charge is -2.26. The van der Waals surface area contributed by atoms with Crippen molar-refractivity contribution in [2.75, 3.05) is 4.90 Å². The summed E-state index contributed by atoms with van der Waals surface area (Å²) in [7, 11) is 0. The van der Waals surface area contributed by atoms with Crippen molar-refractivity contribution in [1.29, 1.82) is 0 Å². The minimum atomic E-state index is 1.08. The average Bonchev–Trinajstić information content (AvgIpc) is 3.76. The molecule has 0 aliphatic rings. The van der Waals surface area contributed by atoms with Crippen molar-refractivity contribution in [2.24, 2.45) is 0 Å². The minimum absolute atomic E-state index is 1.08. The van der Waals surface area contributed by atoms with Gasteiger partial charge in [0.2, 0.25) is 0 Å². The summed E-state index contributed by atoms with van der Waals surface area (Å²) in [5.41, 5.74) is 16.4. The zero-order chi connectivity index (χ0) is 45.0. The normalized spacial score (nSPS) is 11.5. The molecule has 1 aromatic heterocycles. The number of benzene rings is 12. The average molecular weight is 865 g/mol. The smallest absolute Gasteiger partial charge is 0.0541 e. The molecule has 0 radical (unpaired) electrons. The van der Waals surface area contributed by atoms with Crippen molar-refractivity contribution in [3.63, 3.8) is 0 Å². The molecule has 0 saturated carbocycles. The number of aromatic nitrogens is 1. The Morgan fingerprint density at radius 3 is 1.31 bits per heavy atom. The summed E-state index contributed by atoms with van der Waals surface area (Å²) in [6.07, 6.45) is 0. The van der Waals surface area contributed by atoms with Crippen molar-refractivity contribution in [3.05, 3.63) is 267 Å². The predicted octanol–water partition coefficient (Wildman–Crippen LogP) is 18.4. The Morgan fingerprint density at radius 1 is 0.250 bits per heavy atom. The van der Waals surface area contributed by atoms with E-state index in [9.17, 15) is 0 Å². The first-order valence-corrected chi connectivity index (χ1v) is 23.4. The van der Waals surface area contributed by atoms with Gasteiger partial charge >= 0.3 is 0 Å². The molecule has 0 saturated heterocycles. The highest BCUT2D eigenvalue weighted by molar-refractivity contribution is 6.14. The quantitative estimate of drug-likeness (QED) is 0.138. The number of rotatable bonds is 8. The van der Waals surface area contributed by atoms with Gasteiger partial charge in [-0.05, 0) is 144 Å². The van der Waals surface area contributed by atoms with Crippen LogP contribution < -0.4 is 4.90 Å². The van der Waals surface area contributed by atoms with Crippen LogP contribution >= 0.6 is 0 Å². The molecular formula is C66H44N2. The Balaban J connectivity index is 0.907. The highest BCUT2D eigenvalue weighted by Crippen LogP contribution is 2.42. The largest absolute Gasteiger partial charge is 0.311 e. The second kappa shape index (κ2) is 16.5. The van der Waals surface area contributed by atoms with Crippen LogP contribution in [0.15, 0.2) is 267 Å². The molecule has 0 N–H and O–H groups in total. The Kier molecular flexibility index (Phi) is 9.54. The molecule has 0 spiro atoms. The van der Waals surface area contributed by atoms with E-state index in [2.05, 4.69) is 276 Å². The van der Waals surface area contributed by atoms with Crippen LogP contribution in [0.2, 0.25) is 0 Å². The van der Waals surface area contributed by atoms with E-state index in [1.807, 2.05) is 0 Å². The van der Waals surface area contributed by atoms with E-state index in [4.69, 9.17) is 0 Å². The first-order valence-electron chi connectivity index (χ1n) is 23.4. The zero-order valence-electron chi connectivity index (χ0n) is 37.3. The first-order chi connectivity index (χ1) is 33.7. The van der Waals surface area contributed by atoms with Crippen molar-refractivity contribution < 1.29 is 0 Å². The topological polar surface area (TPSA) is 8.17 Å². The van der Waals surface area contributed by atoms with Gasteiger partial charge in [-0.25, -0.2) is 0 Å². The van der Waals surface area contributed by atoms with Crippen molar-refractivity contribution in [3.8, 4) is 50.2 Å². The lowest BCUT2D eigenvalue weighted by molar-refractivity contribution is 1.18. The van der Waals surface area contributed by atoms with Gasteiger partial charge in [0.05, 0.1) is 11.0 Å². The van der Waals surface area contributed by atoms with Crippen LogP contribution in [0.25, 0.3) is 104 Å². The summed E-state index contributed by atoms with van der Waals surface area (Å²) in [6.45, 7) is 0. The SMILES string of the molecule is c1ccc(-c2cccc3cccc(-c4ccc(N(c5ccc(-c6cccc(-n7c8ccccc8c8ccccc87)c6)cc5)c5ccc(-c6cc7ccccc7c7ccccc67)cc5)cc4)c23)cc1. The van der Waals surface area contributed by atoms with E-state index in [0.717, 1.165) is 28.3 Å². The van der Waals surface area contributed by atoms with Crippen molar-refractivity contribution in [1.82, 2.24) is 4.57 Å². The van der Waals surface area contributed by atoms with E-state index >= 15 is 0 Å². The number of fused-ring (bicyclic) bond motifs is 7. The fourth-order valence-corrected chi connectivity index (χ4v) is 10.6. The molecule has 0 bridgehead atoms. The summed E-state index contributed by atoms with van der Waals surface area (Å²) in [6, 6.07) is 97.4. The van der Waals surface area contributed by atoms with Gasteiger partial charge in [0.1, 0.15) is 0 Å². The van der Waals surface area contributed by atoms with Gasteiger partial charge in [0.15, 0.2) is 0 Å². The van der Waals surface area contributed by atoms with E-state index in [1.165, 1.54) is 93.1 Å². The number of anilines is 3.